The molecule has 0 bridgehead atoms. The summed E-state index contributed by atoms with van der Waals surface area (Å²) in [5.74, 6) is -0.426. The number of benzene rings is 3. The minimum absolute atomic E-state index is 0.113. The summed E-state index contributed by atoms with van der Waals surface area (Å²) in [5, 5.41) is 0. The van der Waals surface area contributed by atoms with Crippen molar-refractivity contribution < 1.29 is 26.4 Å². The SMILES string of the molecule is Cc1ccc(S(=O)(=O)Nc2ccc(C(=O)C=Cc3cccc(C(F)(F)F)c3)cc2)cc1. The monoisotopic (exact) mass is 445 g/mol. The van der Waals surface area contributed by atoms with E-state index in [0.717, 1.165) is 17.7 Å². The normalized spacial score (nSPS) is 12.1. The Morgan fingerprint density at radius 2 is 1.58 bits per heavy atom. The largest absolute Gasteiger partial charge is 0.416 e. The lowest BCUT2D eigenvalue weighted by atomic mass is 10.1. The van der Waals surface area contributed by atoms with Gasteiger partial charge < -0.3 is 0 Å². The van der Waals surface area contributed by atoms with Gasteiger partial charge in [-0.05, 0) is 67.1 Å². The molecule has 0 aromatic heterocycles. The summed E-state index contributed by atoms with van der Waals surface area (Å²) in [7, 11) is -3.77. The van der Waals surface area contributed by atoms with Gasteiger partial charge in [0.1, 0.15) is 0 Å². The van der Waals surface area contributed by atoms with Crippen LogP contribution in [0.2, 0.25) is 0 Å². The Morgan fingerprint density at radius 1 is 0.935 bits per heavy atom. The molecule has 0 aliphatic heterocycles. The molecule has 3 aromatic rings. The Bertz CT molecular complexity index is 1210. The van der Waals surface area contributed by atoms with Crippen molar-refractivity contribution in [3.05, 3.63) is 101 Å². The number of ketones is 1. The Labute approximate surface area is 178 Å². The summed E-state index contributed by atoms with van der Waals surface area (Å²) < 4.78 is 65.6. The zero-order valence-electron chi connectivity index (χ0n) is 16.3. The molecule has 0 aliphatic carbocycles. The van der Waals surface area contributed by atoms with E-state index in [2.05, 4.69) is 4.72 Å². The van der Waals surface area contributed by atoms with E-state index in [4.69, 9.17) is 0 Å². The number of carbonyl (C=O) groups excluding carboxylic acids is 1. The number of sulfonamides is 1. The van der Waals surface area contributed by atoms with Gasteiger partial charge in [0.05, 0.1) is 10.5 Å². The number of halogens is 3. The average molecular weight is 445 g/mol. The molecule has 0 saturated heterocycles. The van der Waals surface area contributed by atoms with Crippen LogP contribution in [0, 0.1) is 6.92 Å². The summed E-state index contributed by atoms with van der Waals surface area (Å²) in [6.45, 7) is 1.85. The lowest BCUT2D eigenvalue weighted by Gasteiger charge is -2.09. The van der Waals surface area contributed by atoms with Crippen LogP contribution < -0.4 is 4.72 Å². The Balaban J connectivity index is 1.70. The number of hydrogen-bond donors (Lipinski definition) is 1. The first-order valence-corrected chi connectivity index (χ1v) is 10.6. The topological polar surface area (TPSA) is 63.2 Å². The van der Waals surface area contributed by atoms with Gasteiger partial charge in [-0.3, -0.25) is 9.52 Å². The Kier molecular flexibility index (Phi) is 6.31. The maximum Gasteiger partial charge on any atom is 0.416 e. The van der Waals surface area contributed by atoms with Gasteiger partial charge in [0, 0.05) is 11.3 Å². The van der Waals surface area contributed by atoms with Crippen LogP contribution in [0.5, 0.6) is 0 Å². The number of anilines is 1. The first-order valence-electron chi connectivity index (χ1n) is 9.14. The van der Waals surface area contributed by atoms with Crippen LogP contribution in [-0.4, -0.2) is 14.2 Å². The maximum atomic E-state index is 12.8. The Hall–Kier alpha value is -3.39. The fraction of sp³-hybridized carbons (Fsp3) is 0.0870. The van der Waals surface area contributed by atoms with Gasteiger partial charge in [-0.2, -0.15) is 13.2 Å². The van der Waals surface area contributed by atoms with E-state index < -0.39 is 27.5 Å². The number of carbonyl (C=O) groups is 1. The molecule has 0 unspecified atom stereocenters. The van der Waals surface area contributed by atoms with Crippen LogP contribution in [0.3, 0.4) is 0 Å². The highest BCUT2D eigenvalue weighted by atomic mass is 32.2. The molecule has 3 aromatic carbocycles. The summed E-state index contributed by atoms with van der Waals surface area (Å²) in [4.78, 5) is 12.4. The van der Waals surface area contributed by atoms with Gasteiger partial charge in [0.15, 0.2) is 5.78 Å². The van der Waals surface area contributed by atoms with Gasteiger partial charge in [0.25, 0.3) is 10.0 Å². The van der Waals surface area contributed by atoms with Crippen molar-refractivity contribution in [2.75, 3.05) is 4.72 Å². The van der Waals surface area contributed by atoms with Gasteiger partial charge in [-0.15, -0.1) is 0 Å². The molecular weight excluding hydrogens is 427 g/mol. The third-order valence-corrected chi connectivity index (χ3v) is 5.79. The predicted molar refractivity (Wildman–Crippen MR) is 113 cm³/mol. The quantitative estimate of drug-likeness (QED) is 0.390. The van der Waals surface area contributed by atoms with Crippen LogP contribution in [0.25, 0.3) is 6.08 Å². The highest BCUT2D eigenvalue weighted by molar-refractivity contribution is 7.92. The zero-order valence-corrected chi connectivity index (χ0v) is 17.2. The third-order valence-electron chi connectivity index (χ3n) is 4.39. The minimum atomic E-state index is -4.46. The number of nitrogens with one attached hydrogen (secondary N) is 1. The van der Waals surface area contributed by atoms with E-state index in [-0.39, 0.29) is 21.7 Å². The molecule has 0 atom stereocenters. The number of rotatable bonds is 6. The van der Waals surface area contributed by atoms with E-state index in [1.54, 1.807) is 12.1 Å². The van der Waals surface area contributed by atoms with E-state index in [1.165, 1.54) is 60.7 Å². The molecule has 31 heavy (non-hydrogen) atoms. The van der Waals surface area contributed by atoms with Crippen LogP contribution >= 0.6 is 0 Å². The molecule has 0 heterocycles. The average Bonchev–Trinajstić information content (AvgIpc) is 2.72. The van der Waals surface area contributed by atoms with Crippen molar-refractivity contribution in [3.8, 4) is 0 Å². The van der Waals surface area contributed by atoms with Crippen LogP contribution in [0.15, 0.2) is 83.8 Å². The van der Waals surface area contributed by atoms with Crippen molar-refractivity contribution in [2.45, 2.75) is 18.0 Å². The second-order valence-electron chi connectivity index (χ2n) is 6.82. The predicted octanol–water partition coefficient (Wildman–Crippen LogP) is 5.71. The summed E-state index contributed by atoms with van der Waals surface area (Å²) in [5.41, 5.74) is 0.915. The van der Waals surface area contributed by atoms with Crippen LogP contribution in [-0.2, 0) is 16.2 Å². The highest BCUT2D eigenvalue weighted by Gasteiger charge is 2.30. The van der Waals surface area contributed by atoms with Crippen LogP contribution in [0.4, 0.5) is 18.9 Å². The second kappa shape index (κ2) is 8.77. The molecule has 0 amide bonds. The number of allylic oxidation sites excluding steroid dienone is 1. The summed E-state index contributed by atoms with van der Waals surface area (Å²) >= 11 is 0. The molecule has 160 valence electrons. The lowest BCUT2D eigenvalue weighted by Crippen LogP contribution is -2.13. The van der Waals surface area contributed by atoms with Gasteiger partial charge in [-0.1, -0.05) is 35.9 Å². The number of aryl methyl sites for hydroxylation is 1. The van der Waals surface area contributed by atoms with Crippen LogP contribution in [0.1, 0.15) is 27.0 Å². The summed E-state index contributed by atoms with van der Waals surface area (Å²) in [6, 6.07) is 16.8. The minimum Gasteiger partial charge on any atom is -0.289 e. The molecule has 1 N–H and O–H groups in total. The Morgan fingerprint density at radius 3 is 2.19 bits per heavy atom. The van der Waals surface area contributed by atoms with Crippen molar-refractivity contribution in [2.24, 2.45) is 0 Å². The first-order chi connectivity index (χ1) is 14.5. The van der Waals surface area contributed by atoms with E-state index in [0.29, 0.717) is 0 Å². The summed E-state index contributed by atoms with van der Waals surface area (Å²) in [6.07, 6.45) is -2.00. The second-order valence-corrected chi connectivity index (χ2v) is 8.50. The molecule has 0 spiro atoms. The highest BCUT2D eigenvalue weighted by Crippen LogP contribution is 2.29. The molecular formula is C23H18F3NO3S. The number of alkyl halides is 3. The first kappa shape index (κ1) is 22.3. The molecule has 8 heteroatoms. The molecule has 0 radical (unpaired) electrons. The third kappa shape index (κ3) is 5.82. The van der Waals surface area contributed by atoms with Crippen molar-refractivity contribution in [3.63, 3.8) is 0 Å². The smallest absolute Gasteiger partial charge is 0.289 e. The van der Waals surface area contributed by atoms with Gasteiger partial charge in [0.2, 0.25) is 0 Å². The molecule has 4 nitrogen and oxygen atoms in total. The maximum absolute atomic E-state index is 12.8. The van der Waals surface area contributed by atoms with Crippen molar-refractivity contribution in [1.82, 2.24) is 0 Å². The molecule has 0 fully saturated rings. The van der Waals surface area contributed by atoms with E-state index in [9.17, 15) is 26.4 Å². The molecule has 0 saturated carbocycles. The number of hydrogen-bond acceptors (Lipinski definition) is 3. The fourth-order valence-electron chi connectivity index (χ4n) is 2.72. The standard InChI is InChI=1S/C23H18F3NO3S/c1-16-5-12-21(13-6-16)31(29,30)27-20-10-8-18(9-11-20)22(28)14-7-17-3-2-4-19(15-17)23(24,25)26/h2-15,27H,1H3. The van der Waals surface area contributed by atoms with Gasteiger partial charge >= 0.3 is 6.18 Å². The van der Waals surface area contributed by atoms with Crippen molar-refractivity contribution in [1.29, 1.82) is 0 Å². The van der Waals surface area contributed by atoms with E-state index in [1.807, 2.05) is 6.92 Å². The van der Waals surface area contributed by atoms with Crippen molar-refractivity contribution >= 4 is 27.6 Å². The molecule has 3 rings (SSSR count). The van der Waals surface area contributed by atoms with Gasteiger partial charge in [-0.25, -0.2) is 8.42 Å². The fourth-order valence-corrected chi connectivity index (χ4v) is 3.78. The van der Waals surface area contributed by atoms with E-state index >= 15 is 0 Å². The molecule has 0 aliphatic rings. The lowest BCUT2D eigenvalue weighted by molar-refractivity contribution is -0.137. The zero-order chi connectivity index (χ0) is 22.6.